The molecule has 1 aromatic rings. The first-order valence-corrected chi connectivity index (χ1v) is 4.90. The van der Waals surface area contributed by atoms with Crippen LogP contribution in [0.1, 0.15) is 11.1 Å². The number of aromatic nitrogens is 1. The normalized spacial score (nSPS) is 10.2. The number of hydrogen-bond acceptors (Lipinski definition) is 1. The second kappa shape index (κ2) is 3.74. The van der Waals surface area contributed by atoms with Crippen LogP contribution in [0.25, 0.3) is 0 Å². The number of nitrogens with zero attached hydrogens (tertiary/aromatic N) is 1. The molecule has 0 spiro atoms. The third-order valence-electron chi connectivity index (χ3n) is 1.43. The van der Waals surface area contributed by atoms with E-state index in [-0.39, 0.29) is 0 Å². The second-order valence-electron chi connectivity index (χ2n) is 2.15. The predicted octanol–water partition coefficient (Wildman–Crippen LogP) is 3.59. The van der Waals surface area contributed by atoms with E-state index in [4.69, 9.17) is 23.2 Å². The van der Waals surface area contributed by atoms with Gasteiger partial charge in [0.05, 0.1) is 0 Å². The molecule has 0 unspecified atom stereocenters. The number of rotatable bonds is 1. The molecule has 1 rings (SSSR count). The highest BCUT2D eigenvalue weighted by molar-refractivity contribution is 9.08. The van der Waals surface area contributed by atoms with Gasteiger partial charge in [0.25, 0.3) is 0 Å². The van der Waals surface area contributed by atoms with Gasteiger partial charge in [-0.05, 0) is 24.1 Å². The zero-order chi connectivity index (χ0) is 8.43. The Labute approximate surface area is 83.9 Å². The van der Waals surface area contributed by atoms with Crippen LogP contribution in [0.3, 0.4) is 0 Å². The lowest BCUT2D eigenvalue weighted by atomic mass is 10.2. The Bertz CT molecular complexity index is 275. The third-order valence-corrected chi connectivity index (χ3v) is 2.60. The number of hydrogen-bond donors (Lipinski definition) is 0. The Morgan fingerprint density at radius 1 is 1.55 bits per heavy atom. The molecule has 0 amide bonds. The molecule has 11 heavy (non-hydrogen) atoms. The Kier molecular flexibility index (Phi) is 3.16. The maximum atomic E-state index is 5.78. The van der Waals surface area contributed by atoms with Crippen LogP contribution in [0.2, 0.25) is 10.3 Å². The van der Waals surface area contributed by atoms with Gasteiger partial charge in [-0.15, -0.1) is 0 Å². The second-order valence-corrected chi connectivity index (χ2v) is 3.46. The first kappa shape index (κ1) is 9.30. The summed E-state index contributed by atoms with van der Waals surface area (Å²) in [5.41, 5.74) is 2.06. The summed E-state index contributed by atoms with van der Waals surface area (Å²) >= 11 is 14.8. The van der Waals surface area contributed by atoms with E-state index in [9.17, 15) is 0 Å². The van der Waals surface area contributed by atoms with Gasteiger partial charge in [-0.2, -0.15) is 0 Å². The zero-order valence-corrected chi connectivity index (χ0v) is 8.96. The number of pyridine rings is 1. The van der Waals surface area contributed by atoms with Crippen LogP contribution in [0, 0.1) is 6.92 Å². The molecule has 1 nitrogen and oxygen atoms in total. The largest absolute Gasteiger partial charge is 0.224 e. The summed E-state index contributed by atoms with van der Waals surface area (Å²) in [6.45, 7) is 1.92. The van der Waals surface area contributed by atoms with Gasteiger partial charge in [-0.25, -0.2) is 4.98 Å². The molecule has 4 heteroatoms. The predicted molar refractivity (Wildman–Crippen MR) is 51.6 cm³/mol. The van der Waals surface area contributed by atoms with Crippen molar-refractivity contribution in [2.45, 2.75) is 12.3 Å². The van der Waals surface area contributed by atoms with Gasteiger partial charge >= 0.3 is 0 Å². The van der Waals surface area contributed by atoms with Crippen molar-refractivity contribution in [1.29, 1.82) is 0 Å². The fraction of sp³-hybridized carbons (Fsp3) is 0.286. The van der Waals surface area contributed by atoms with E-state index in [1.165, 1.54) is 0 Å². The van der Waals surface area contributed by atoms with Gasteiger partial charge in [0.15, 0.2) is 0 Å². The molecule has 0 atom stereocenters. The minimum absolute atomic E-state index is 0.440. The Balaban J connectivity index is 3.24. The van der Waals surface area contributed by atoms with Crippen molar-refractivity contribution in [1.82, 2.24) is 4.98 Å². The van der Waals surface area contributed by atoms with Crippen LogP contribution in [0.4, 0.5) is 0 Å². The molecule has 1 aromatic heterocycles. The molecule has 1 heterocycles. The van der Waals surface area contributed by atoms with E-state index in [0.29, 0.717) is 10.3 Å². The van der Waals surface area contributed by atoms with Gasteiger partial charge in [0, 0.05) is 5.33 Å². The third kappa shape index (κ3) is 2.08. The summed E-state index contributed by atoms with van der Waals surface area (Å²) in [6.07, 6.45) is 0. The van der Waals surface area contributed by atoms with Crippen LogP contribution in [0.5, 0.6) is 0 Å². The van der Waals surface area contributed by atoms with Crippen LogP contribution in [-0.4, -0.2) is 4.98 Å². The molecular weight excluding hydrogens is 249 g/mol. The monoisotopic (exact) mass is 253 g/mol. The van der Waals surface area contributed by atoms with Crippen LogP contribution >= 0.6 is 39.1 Å². The van der Waals surface area contributed by atoms with E-state index in [1.807, 2.05) is 6.92 Å². The molecule has 0 aliphatic heterocycles. The number of halogens is 3. The first-order chi connectivity index (χ1) is 5.15. The Morgan fingerprint density at radius 3 is 2.73 bits per heavy atom. The van der Waals surface area contributed by atoms with E-state index in [1.54, 1.807) is 6.07 Å². The van der Waals surface area contributed by atoms with Crippen molar-refractivity contribution in [2.75, 3.05) is 0 Å². The van der Waals surface area contributed by atoms with Crippen LogP contribution in [-0.2, 0) is 5.33 Å². The fourth-order valence-electron chi connectivity index (χ4n) is 0.733. The molecule has 0 aromatic carbocycles. The topological polar surface area (TPSA) is 12.9 Å². The summed E-state index contributed by atoms with van der Waals surface area (Å²) in [4.78, 5) is 3.89. The van der Waals surface area contributed by atoms with Gasteiger partial charge in [-0.3, -0.25) is 0 Å². The highest BCUT2D eigenvalue weighted by Crippen LogP contribution is 2.22. The first-order valence-electron chi connectivity index (χ1n) is 3.02. The minimum Gasteiger partial charge on any atom is -0.224 e. The summed E-state index contributed by atoms with van der Waals surface area (Å²) in [5.74, 6) is 0. The Morgan fingerprint density at radius 2 is 2.18 bits per heavy atom. The van der Waals surface area contributed by atoms with Gasteiger partial charge < -0.3 is 0 Å². The van der Waals surface area contributed by atoms with Gasteiger partial charge in [0.1, 0.15) is 10.3 Å². The maximum Gasteiger partial charge on any atom is 0.134 e. The molecule has 0 saturated carbocycles. The Hall–Kier alpha value is 0.210. The smallest absolute Gasteiger partial charge is 0.134 e. The SMILES string of the molecule is Cc1c(CBr)cc(Cl)nc1Cl. The van der Waals surface area contributed by atoms with E-state index < -0.39 is 0 Å². The van der Waals surface area contributed by atoms with E-state index in [2.05, 4.69) is 20.9 Å². The average molecular weight is 255 g/mol. The zero-order valence-electron chi connectivity index (χ0n) is 5.87. The van der Waals surface area contributed by atoms with Crippen molar-refractivity contribution in [3.63, 3.8) is 0 Å². The standard InChI is InChI=1S/C7H6BrCl2N/c1-4-5(3-8)2-6(9)11-7(4)10/h2H,3H2,1H3. The summed E-state index contributed by atoms with van der Waals surface area (Å²) in [5, 5.41) is 1.67. The van der Waals surface area contributed by atoms with Crippen molar-refractivity contribution in [2.24, 2.45) is 0 Å². The highest BCUT2D eigenvalue weighted by atomic mass is 79.9. The van der Waals surface area contributed by atoms with E-state index in [0.717, 1.165) is 16.5 Å². The molecule has 0 aliphatic rings. The lowest BCUT2D eigenvalue weighted by Crippen LogP contribution is -1.89. The lowest BCUT2D eigenvalue weighted by Gasteiger charge is -2.03. The quantitative estimate of drug-likeness (QED) is 0.551. The fourth-order valence-corrected chi connectivity index (χ4v) is 1.79. The minimum atomic E-state index is 0.440. The maximum absolute atomic E-state index is 5.78. The molecule has 60 valence electrons. The molecule has 0 radical (unpaired) electrons. The summed E-state index contributed by atoms with van der Waals surface area (Å²) < 4.78 is 0. The molecule has 0 saturated heterocycles. The molecule has 0 bridgehead atoms. The average Bonchev–Trinajstić information content (AvgIpc) is 1.96. The number of alkyl halides is 1. The highest BCUT2D eigenvalue weighted by Gasteiger charge is 2.04. The molecular formula is C7H6BrCl2N. The summed E-state index contributed by atoms with van der Waals surface area (Å²) in [7, 11) is 0. The van der Waals surface area contributed by atoms with Crippen molar-refractivity contribution in [3.8, 4) is 0 Å². The molecule has 0 aliphatic carbocycles. The van der Waals surface area contributed by atoms with E-state index >= 15 is 0 Å². The van der Waals surface area contributed by atoms with Crippen molar-refractivity contribution in [3.05, 3.63) is 27.5 Å². The van der Waals surface area contributed by atoms with Gasteiger partial charge in [0.2, 0.25) is 0 Å². The van der Waals surface area contributed by atoms with Crippen molar-refractivity contribution >= 4 is 39.1 Å². The van der Waals surface area contributed by atoms with Crippen LogP contribution < -0.4 is 0 Å². The summed E-state index contributed by atoms with van der Waals surface area (Å²) in [6, 6.07) is 1.80. The molecule has 0 N–H and O–H groups in total. The lowest BCUT2D eigenvalue weighted by molar-refractivity contribution is 1.21. The van der Waals surface area contributed by atoms with Crippen LogP contribution in [0.15, 0.2) is 6.07 Å². The van der Waals surface area contributed by atoms with Gasteiger partial charge in [-0.1, -0.05) is 39.1 Å². The molecule has 0 fully saturated rings. The van der Waals surface area contributed by atoms with Crippen molar-refractivity contribution < 1.29 is 0 Å².